The maximum Gasteiger partial charge on any atom is 0.495 e. The number of halogens is 3. The summed E-state index contributed by atoms with van der Waals surface area (Å²) in [5.74, 6) is 0.0280. The molecule has 1 aliphatic heterocycles. The highest BCUT2D eigenvalue weighted by atomic mass is 19.4. The van der Waals surface area contributed by atoms with E-state index in [9.17, 15) is 18.0 Å². The van der Waals surface area contributed by atoms with Crippen LogP contribution in [0.15, 0.2) is 18.3 Å². The number of hydrogen-bond donors (Lipinski definition) is 1. The third kappa shape index (κ3) is 4.12. The number of ether oxygens (including phenoxy) is 1. The lowest BCUT2D eigenvalue weighted by atomic mass is 9.80. The van der Waals surface area contributed by atoms with Crippen molar-refractivity contribution in [1.82, 2.24) is 4.98 Å². The second-order valence-electron chi connectivity index (χ2n) is 7.59. The molecule has 0 saturated carbocycles. The van der Waals surface area contributed by atoms with E-state index in [0.717, 1.165) is 13.8 Å². The summed E-state index contributed by atoms with van der Waals surface area (Å²) in [5.41, 5.74) is -3.15. The smallest absolute Gasteiger partial charge is 0.434 e. The number of carbonyl (C=O) groups excluding carboxylic acids is 1. The Balaban J connectivity index is 2.10. The Kier molecular flexibility index (Phi) is 5.06. The molecule has 2 heterocycles. The number of hydrogen-bond acceptors (Lipinski definition) is 5. The van der Waals surface area contributed by atoms with Crippen molar-refractivity contribution >= 4 is 24.5 Å². The highest BCUT2D eigenvalue weighted by Crippen LogP contribution is 2.36. The van der Waals surface area contributed by atoms with Crippen LogP contribution in [0.1, 0.15) is 41.5 Å². The van der Waals surface area contributed by atoms with Crippen LogP contribution in [0.3, 0.4) is 0 Å². The van der Waals surface area contributed by atoms with Gasteiger partial charge >= 0.3 is 19.4 Å². The van der Waals surface area contributed by atoms with Gasteiger partial charge < -0.3 is 14.0 Å². The molecule has 0 aromatic carbocycles. The summed E-state index contributed by atoms with van der Waals surface area (Å²) in [6, 6.07) is 3.10. The van der Waals surface area contributed by atoms with Crippen molar-refractivity contribution < 1.29 is 32.0 Å². The first-order valence-electron chi connectivity index (χ1n) is 8.03. The zero-order valence-corrected chi connectivity index (χ0v) is 15.5. The zero-order chi connectivity index (χ0) is 20.0. The Morgan fingerprint density at radius 1 is 1.19 bits per heavy atom. The van der Waals surface area contributed by atoms with Gasteiger partial charge in [0.2, 0.25) is 5.60 Å². The zero-order valence-electron chi connectivity index (χ0n) is 15.5. The lowest BCUT2D eigenvalue weighted by Crippen LogP contribution is -2.44. The van der Waals surface area contributed by atoms with E-state index in [1.54, 1.807) is 6.07 Å². The Morgan fingerprint density at radius 2 is 1.73 bits per heavy atom. The van der Waals surface area contributed by atoms with Gasteiger partial charge in [-0.3, -0.25) is 5.32 Å². The molecular weight excluding hydrogens is 352 g/mol. The summed E-state index contributed by atoms with van der Waals surface area (Å²) in [4.78, 5) is 15.7. The Hall–Kier alpha value is -1.81. The largest absolute Gasteiger partial charge is 0.495 e. The Morgan fingerprint density at radius 3 is 2.23 bits per heavy atom. The minimum Gasteiger partial charge on any atom is -0.434 e. The van der Waals surface area contributed by atoms with Crippen LogP contribution in [0.5, 0.6) is 0 Å². The van der Waals surface area contributed by atoms with Crippen molar-refractivity contribution in [2.24, 2.45) is 0 Å². The first kappa shape index (κ1) is 20.5. The molecule has 1 amide bonds. The van der Waals surface area contributed by atoms with E-state index in [1.807, 2.05) is 27.7 Å². The number of rotatable bonds is 3. The fourth-order valence-electron chi connectivity index (χ4n) is 2.06. The van der Waals surface area contributed by atoms with Crippen LogP contribution in [0.4, 0.5) is 23.8 Å². The molecule has 2 rings (SSSR count). The van der Waals surface area contributed by atoms with Crippen LogP contribution in [-0.2, 0) is 14.0 Å². The summed E-state index contributed by atoms with van der Waals surface area (Å²) >= 11 is 0. The lowest BCUT2D eigenvalue weighted by Gasteiger charge is -2.32. The molecule has 0 unspecified atom stereocenters. The van der Waals surface area contributed by atoms with Gasteiger partial charge in [0, 0.05) is 6.20 Å². The van der Waals surface area contributed by atoms with Gasteiger partial charge in [0.15, 0.2) is 0 Å². The molecule has 0 atom stereocenters. The van der Waals surface area contributed by atoms with Crippen molar-refractivity contribution in [2.45, 2.75) is 64.5 Å². The average Bonchev–Trinajstić information content (AvgIpc) is 2.65. The van der Waals surface area contributed by atoms with Crippen molar-refractivity contribution in [3.8, 4) is 0 Å². The number of alkyl halides is 3. The SMILES string of the molecule is CC(C)(OC(=O)Nc1cc(B2OC(C)(C)C(C)(C)O2)ccn1)C(F)(F)F. The molecular formula is C16H22BF3N2O4. The first-order valence-corrected chi connectivity index (χ1v) is 8.03. The molecule has 1 fully saturated rings. The van der Waals surface area contributed by atoms with Gasteiger partial charge in [-0.1, -0.05) is 0 Å². The van der Waals surface area contributed by atoms with Gasteiger partial charge in [0.05, 0.1) is 11.2 Å². The van der Waals surface area contributed by atoms with Crippen molar-refractivity contribution in [1.29, 1.82) is 0 Å². The minimum absolute atomic E-state index is 0.0280. The van der Waals surface area contributed by atoms with E-state index < -0.39 is 36.2 Å². The van der Waals surface area contributed by atoms with Crippen LogP contribution >= 0.6 is 0 Å². The molecule has 144 valence electrons. The van der Waals surface area contributed by atoms with Gasteiger partial charge in [-0.15, -0.1) is 0 Å². The number of aromatic nitrogens is 1. The van der Waals surface area contributed by atoms with Crippen molar-refractivity contribution in [3.05, 3.63) is 18.3 Å². The van der Waals surface area contributed by atoms with Crippen LogP contribution in [-0.4, -0.2) is 41.2 Å². The molecule has 1 saturated heterocycles. The predicted molar refractivity (Wildman–Crippen MR) is 90.2 cm³/mol. The molecule has 0 bridgehead atoms. The van der Waals surface area contributed by atoms with E-state index >= 15 is 0 Å². The monoisotopic (exact) mass is 374 g/mol. The second kappa shape index (κ2) is 6.42. The number of nitrogens with one attached hydrogen (secondary N) is 1. The fourth-order valence-corrected chi connectivity index (χ4v) is 2.06. The van der Waals surface area contributed by atoms with Crippen molar-refractivity contribution in [3.63, 3.8) is 0 Å². The maximum atomic E-state index is 12.8. The molecule has 6 nitrogen and oxygen atoms in total. The summed E-state index contributed by atoms with van der Waals surface area (Å²) in [6.45, 7) is 9.10. The molecule has 0 spiro atoms. The highest BCUT2D eigenvalue weighted by molar-refractivity contribution is 6.62. The second-order valence-corrected chi connectivity index (χ2v) is 7.59. The molecule has 1 aromatic rings. The van der Waals surface area contributed by atoms with Crippen LogP contribution in [0, 0.1) is 0 Å². The van der Waals surface area contributed by atoms with E-state index in [1.165, 1.54) is 12.3 Å². The van der Waals surface area contributed by atoms with Gasteiger partial charge in [-0.25, -0.2) is 9.78 Å². The van der Waals surface area contributed by atoms with E-state index in [-0.39, 0.29) is 5.82 Å². The standard InChI is InChI=1S/C16H22BF3N2O4/c1-13(2)14(3,4)26-17(25-13)10-7-8-21-11(9-10)22-12(23)24-15(5,6)16(18,19)20/h7-9H,1-6H3,(H,21,22,23). The first-order chi connectivity index (χ1) is 11.6. The number of amides is 1. The average molecular weight is 374 g/mol. The fraction of sp³-hybridized carbons (Fsp3) is 0.625. The lowest BCUT2D eigenvalue weighted by molar-refractivity contribution is -0.242. The van der Waals surface area contributed by atoms with Gasteiger partial charge in [-0.2, -0.15) is 13.2 Å². The minimum atomic E-state index is -4.69. The van der Waals surface area contributed by atoms with Crippen LogP contribution in [0.25, 0.3) is 0 Å². The summed E-state index contributed by atoms with van der Waals surface area (Å²) in [6.07, 6.45) is -4.56. The number of pyridine rings is 1. The molecule has 1 N–H and O–H groups in total. The molecule has 1 aliphatic rings. The molecule has 10 heteroatoms. The summed E-state index contributed by atoms with van der Waals surface area (Å²) in [5, 5.41) is 2.19. The molecule has 0 aliphatic carbocycles. The third-order valence-electron chi connectivity index (χ3n) is 4.57. The van der Waals surface area contributed by atoms with E-state index in [4.69, 9.17) is 9.31 Å². The van der Waals surface area contributed by atoms with Crippen LogP contribution < -0.4 is 10.8 Å². The highest BCUT2D eigenvalue weighted by Gasteiger charge is 2.52. The number of carbonyl (C=O) groups is 1. The summed E-state index contributed by atoms with van der Waals surface area (Å²) in [7, 11) is -0.689. The molecule has 0 radical (unpaired) electrons. The molecule has 1 aromatic heterocycles. The Labute approximate surface area is 150 Å². The van der Waals surface area contributed by atoms with Crippen LogP contribution in [0.2, 0.25) is 0 Å². The number of nitrogens with zero attached hydrogens (tertiary/aromatic N) is 1. The van der Waals surface area contributed by atoms with E-state index in [2.05, 4.69) is 15.0 Å². The quantitative estimate of drug-likeness (QED) is 0.823. The van der Waals surface area contributed by atoms with E-state index in [0.29, 0.717) is 5.46 Å². The number of anilines is 1. The molecule has 26 heavy (non-hydrogen) atoms. The van der Waals surface area contributed by atoms with Gasteiger partial charge in [0.25, 0.3) is 0 Å². The summed E-state index contributed by atoms with van der Waals surface area (Å²) < 4.78 is 54.6. The third-order valence-corrected chi connectivity index (χ3v) is 4.57. The Bertz CT molecular complexity index is 676. The van der Waals surface area contributed by atoms with Gasteiger partial charge in [0.1, 0.15) is 5.82 Å². The maximum absolute atomic E-state index is 12.8. The normalized spacial score (nSPS) is 19.3. The van der Waals surface area contributed by atoms with Gasteiger partial charge in [-0.05, 0) is 59.1 Å². The van der Waals surface area contributed by atoms with Crippen molar-refractivity contribution in [2.75, 3.05) is 5.32 Å². The predicted octanol–water partition coefficient (Wildman–Crippen LogP) is 3.27. The topological polar surface area (TPSA) is 69.7 Å².